The predicted molar refractivity (Wildman–Crippen MR) is 58.3 cm³/mol. The normalized spacial score (nSPS) is 15.1. The van der Waals surface area contributed by atoms with Gasteiger partial charge in [-0.15, -0.1) is 0 Å². The van der Waals surface area contributed by atoms with E-state index in [0.29, 0.717) is 0 Å². The molecule has 1 aliphatic heterocycles. The summed E-state index contributed by atoms with van der Waals surface area (Å²) in [5.74, 6) is 0. The standard InChI is InChI=1S/C12H10F3N2/c13-12(14,15)7-16-6-10-3-1-2-9-4-5-17(8-16)11(9)10/h1-6H,7-8H2/q+1. The number of alkyl halides is 3. The molecule has 1 aromatic heterocycles. The Labute approximate surface area is 95.6 Å². The van der Waals surface area contributed by atoms with Gasteiger partial charge in [-0.2, -0.15) is 13.2 Å². The van der Waals surface area contributed by atoms with Crippen LogP contribution in [0.25, 0.3) is 10.9 Å². The Hall–Kier alpha value is -1.78. The number of hydrogen-bond acceptors (Lipinski definition) is 0. The number of aromatic nitrogens is 1. The quantitative estimate of drug-likeness (QED) is 0.676. The summed E-state index contributed by atoms with van der Waals surface area (Å²) in [6.45, 7) is -0.666. The van der Waals surface area contributed by atoms with E-state index in [9.17, 15) is 13.2 Å². The molecule has 3 rings (SSSR count). The third-order valence-electron chi connectivity index (χ3n) is 2.86. The Morgan fingerprint density at radius 3 is 2.82 bits per heavy atom. The van der Waals surface area contributed by atoms with Crippen molar-refractivity contribution in [3.05, 3.63) is 36.0 Å². The second-order valence-corrected chi connectivity index (χ2v) is 4.20. The summed E-state index contributed by atoms with van der Waals surface area (Å²) < 4.78 is 40.2. The molecule has 0 bridgehead atoms. The van der Waals surface area contributed by atoms with Crippen molar-refractivity contribution >= 4 is 17.1 Å². The molecule has 1 aromatic carbocycles. The second-order valence-electron chi connectivity index (χ2n) is 4.20. The zero-order chi connectivity index (χ0) is 12.0. The van der Waals surface area contributed by atoms with E-state index in [0.717, 1.165) is 16.5 Å². The zero-order valence-electron chi connectivity index (χ0n) is 8.91. The van der Waals surface area contributed by atoms with E-state index in [1.54, 1.807) is 6.21 Å². The molecular weight excluding hydrogens is 229 g/mol. The molecular formula is C12H10F3N2+. The maximum absolute atomic E-state index is 12.4. The summed E-state index contributed by atoms with van der Waals surface area (Å²) in [7, 11) is 0. The first-order valence-corrected chi connectivity index (χ1v) is 5.26. The van der Waals surface area contributed by atoms with Crippen LogP contribution in [0.5, 0.6) is 0 Å². The molecule has 0 atom stereocenters. The lowest BCUT2D eigenvalue weighted by molar-refractivity contribution is -0.582. The fraction of sp³-hybridized carbons (Fsp3) is 0.250. The van der Waals surface area contributed by atoms with E-state index < -0.39 is 12.7 Å². The van der Waals surface area contributed by atoms with Crippen LogP contribution in [-0.2, 0) is 6.67 Å². The van der Waals surface area contributed by atoms with Gasteiger partial charge in [-0.25, -0.2) is 4.58 Å². The predicted octanol–water partition coefficient (Wildman–Crippen LogP) is 2.61. The summed E-state index contributed by atoms with van der Waals surface area (Å²) in [6.07, 6.45) is -0.768. The van der Waals surface area contributed by atoms with Crippen LogP contribution in [-0.4, -0.2) is 28.1 Å². The topological polar surface area (TPSA) is 7.94 Å². The Balaban J connectivity index is 2.07. The van der Waals surface area contributed by atoms with E-state index in [4.69, 9.17) is 0 Å². The van der Waals surface area contributed by atoms with Gasteiger partial charge >= 0.3 is 6.18 Å². The number of para-hydroxylation sites is 1. The van der Waals surface area contributed by atoms with Crippen molar-refractivity contribution in [1.82, 2.24) is 4.57 Å². The first-order valence-electron chi connectivity index (χ1n) is 5.26. The summed E-state index contributed by atoms with van der Waals surface area (Å²) >= 11 is 0. The van der Waals surface area contributed by atoms with E-state index >= 15 is 0 Å². The lowest BCUT2D eigenvalue weighted by Crippen LogP contribution is -2.31. The van der Waals surface area contributed by atoms with E-state index in [1.165, 1.54) is 4.58 Å². The van der Waals surface area contributed by atoms with Gasteiger partial charge in [0.05, 0.1) is 11.1 Å². The molecule has 2 aromatic rings. The van der Waals surface area contributed by atoms with Crippen molar-refractivity contribution < 1.29 is 17.7 Å². The lowest BCUT2D eigenvalue weighted by Gasteiger charge is -2.13. The monoisotopic (exact) mass is 239 g/mol. The highest BCUT2D eigenvalue weighted by Crippen LogP contribution is 2.23. The highest BCUT2D eigenvalue weighted by atomic mass is 19.4. The molecule has 88 valence electrons. The third kappa shape index (κ3) is 1.81. The summed E-state index contributed by atoms with van der Waals surface area (Å²) in [5, 5.41) is 1.06. The molecule has 5 heteroatoms. The van der Waals surface area contributed by atoms with Crippen molar-refractivity contribution in [2.45, 2.75) is 12.8 Å². The summed E-state index contributed by atoms with van der Waals surface area (Å²) in [5.41, 5.74) is 1.84. The zero-order valence-corrected chi connectivity index (χ0v) is 8.91. The van der Waals surface area contributed by atoms with Crippen molar-refractivity contribution in [3.8, 4) is 0 Å². The summed E-state index contributed by atoms with van der Waals surface area (Å²) in [4.78, 5) is 0. The maximum Gasteiger partial charge on any atom is 0.448 e. The molecule has 0 unspecified atom stereocenters. The summed E-state index contributed by atoms with van der Waals surface area (Å²) in [6, 6.07) is 7.57. The fourth-order valence-electron chi connectivity index (χ4n) is 2.27. The maximum atomic E-state index is 12.4. The molecule has 2 heterocycles. The van der Waals surface area contributed by atoms with Crippen LogP contribution in [0, 0.1) is 0 Å². The van der Waals surface area contributed by atoms with E-state index in [-0.39, 0.29) is 6.67 Å². The number of hydrogen-bond donors (Lipinski definition) is 0. The van der Waals surface area contributed by atoms with Crippen molar-refractivity contribution in [3.63, 3.8) is 0 Å². The van der Waals surface area contributed by atoms with Crippen molar-refractivity contribution in [2.24, 2.45) is 0 Å². The van der Waals surface area contributed by atoms with Gasteiger partial charge in [0.25, 0.3) is 0 Å². The van der Waals surface area contributed by atoms with Crippen LogP contribution in [0.1, 0.15) is 5.56 Å². The van der Waals surface area contributed by atoms with Crippen LogP contribution >= 0.6 is 0 Å². The van der Waals surface area contributed by atoms with Gasteiger partial charge in [0.2, 0.25) is 13.2 Å². The molecule has 1 aliphatic rings. The van der Waals surface area contributed by atoms with Gasteiger partial charge in [-0.05, 0) is 12.1 Å². The number of benzene rings is 1. The van der Waals surface area contributed by atoms with Crippen molar-refractivity contribution in [1.29, 1.82) is 0 Å². The Kier molecular flexibility index (Phi) is 2.05. The molecule has 2 nitrogen and oxygen atoms in total. The number of halogens is 3. The lowest BCUT2D eigenvalue weighted by atomic mass is 10.1. The number of rotatable bonds is 1. The fourth-order valence-corrected chi connectivity index (χ4v) is 2.27. The first kappa shape index (κ1) is 10.4. The minimum atomic E-state index is -4.17. The molecule has 0 N–H and O–H groups in total. The van der Waals surface area contributed by atoms with Gasteiger partial charge in [0, 0.05) is 11.6 Å². The highest BCUT2D eigenvalue weighted by Gasteiger charge is 2.35. The van der Waals surface area contributed by atoms with Gasteiger partial charge < -0.3 is 0 Å². The Morgan fingerprint density at radius 1 is 1.24 bits per heavy atom. The third-order valence-corrected chi connectivity index (χ3v) is 2.86. The first-order chi connectivity index (χ1) is 8.03. The Bertz CT molecular complexity index is 608. The SMILES string of the molecule is FC(F)(F)C[N+]1=Cc2cccc3ccn(c23)C1. The van der Waals surface area contributed by atoms with Gasteiger partial charge in [0.1, 0.15) is 0 Å². The number of nitrogens with zero attached hydrogens (tertiary/aromatic N) is 2. The van der Waals surface area contributed by atoms with Gasteiger partial charge in [-0.1, -0.05) is 12.1 Å². The smallest absolute Gasteiger partial charge is 0.291 e. The Morgan fingerprint density at radius 2 is 2.06 bits per heavy atom. The van der Waals surface area contributed by atoms with E-state index in [1.807, 2.05) is 35.0 Å². The molecule has 0 saturated carbocycles. The molecule has 0 aliphatic carbocycles. The average Bonchev–Trinajstić information content (AvgIpc) is 2.61. The van der Waals surface area contributed by atoms with Crippen LogP contribution in [0.2, 0.25) is 0 Å². The van der Waals surface area contributed by atoms with Gasteiger partial charge in [0.15, 0.2) is 6.21 Å². The van der Waals surface area contributed by atoms with Crippen LogP contribution in [0.3, 0.4) is 0 Å². The molecule has 17 heavy (non-hydrogen) atoms. The van der Waals surface area contributed by atoms with Crippen LogP contribution in [0.15, 0.2) is 30.5 Å². The van der Waals surface area contributed by atoms with Crippen molar-refractivity contribution in [2.75, 3.05) is 6.54 Å². The molecule has 0 fully saturated rings. The molecule has 0 saturated heterocycles. The molecule has 0 radical (unpaired) electrons. The largest absolute Gasteiger partial charge is 0.448 e. The second kappa shape index (κ2) is 3.35. The van der Waals surface area contributed by atoms with Gasteiger partial charge in [-0.3, -0.25) is 4.57 Å². The minimum Gasteiger partial charge on any atom is -0.291 e. The van der Waals surface area contributed by atoms with E-state index in [2.05, 4.69) is 0 Å². The highest BCUT2D eigenvalue weighted by molar-refractivity contribution is 5.97. The molecule has 0 amide bonds. The molecule has 0 spiro atoms. The minimum absolute atomic E-state index is 0.250. The average molecular weight is 239 g/mol. The van der Waals surface area contributed by atoms with Crippen LogP contribution in [0.4, 0.5) is 13.2 Å². The van der Waals surface area contributed by atoms with Crippen LogP contribution < -0.4 is 0 Å².